The first-order valence-electron chi connectivity index (χ1n) is 11.1. The highest BCUT2D eigenvalue weighted by molar-refractivity contribution is 14.0. The van der Waals surface area contributed by atoms with Crippen LogP contribution in [0.5, 0.6) is 5.75 Å². The average molecular weight is 553 g/mol. The van der Waals surface area contributed by atoms with E-state index in [1.54, 1.807) is 14.2 Å². The number of benzene rings is 1. The number of nitrogens with zero attached hydrogens (tertiary/aromatic N) is 4. The number of ether oxygens (including phenoxy) is 1. The molecule has 1 aliphatic heterocycles. The van der Waals surface area contributed by atoms with Gasteiger partial charge in [-0.05, 0) is 48.7 Å². The van der Waals surface area contributed by atoms with Crippen molar-refractivity contribution in [1.82, 2.24) is 20.5 Å². The fourth-order valence-corrected chi connectivity index (χ4v) is 3.75. The maximum absolute atomic E-state index is 5.41. The molecule has 3 rings (SSSR count). The predicted molar refractivity (Wildman–Crippen MR) is 144 cm³/mol. The van der Waals surface area contributed by atoms with Gasteiger partial charge in [-0.3, -0.25) is 4.99 Å². The molecule has 1 saturated heterocycles. The number of halogens is 1. The van der Waals surface area contributed by atoms with E-state index in [9.17, 15) is 0 Å². The van der Waals surface area contributed by atoms with Gasteiger partial charge in [0.15, 0.2) is 5.96 Å². The van der Waals surface area contributed by atoms with E-state index in [1.807, 2.05) is 6.20 Å². The molecule has 2 heterocycles. The SMILES string of the molecule is CCN1CCN(c2ccc(CNC(=NC)NCCc3ccc(C)c(OC)c3)cn2)CC1.I. The van der Waals surface area contributed by atoms with Crippen molar-refractivity contribution in [3.8, 4) is 5.75 Å². The van der Waals surface area contributed by atoms with Gasteiger partial charge in [0.1, 0.15) is 11.6 Å². The van der Waals surface area contributed by atoms with Gasteiger partial charge in [0.2, 0.25) is 0 Å². The Bertz CT molecular complexity index is 850. The number of aliphatic imine (C=N–C) groups is 1. The molecule has 2 N–H and O–H groups in total. The summed E-state index contributed by atoms with van der Waals surface area (Å²) in [5.74, 6) is 2.79. The number of guanidine groups is 1. The highest BCUT2D eigenvalue weighted by Gasteiger charge is 2.16. The maximum atomic E-state index is 5.41. The molecule has 1 fully saturated rings. The van der Waals surface area contributed by atoms with Crippen LogP contribution in [0.2, 0.25) is 0 Å². The summed E-state index contributed by atoms with van der Waals surface area (Å²) in [6.45, 7) is 11.2. The van der Waals surface area contributed by atoms with Crippen LogP contribution in [-0.2, 0) is 13.0 Å². The third kappa shape index (κ3) is 7.51. The lowest BCUT2D eigenvalue weighted by atomic mass is 10.1. The van der Waals surface area contributed by atoms with E-state index in [4.69, 9.17) is 4.74 Å². The number of piperazine rings is 1. The van der Waals surface area contributed by atoms with E-state index in [1.165, 1.54) is 5.56 Å². The summed E-state index contributed by atoms with van der Waals surface area (Å²) in [5.41, 5.74) is 3.53. The minimum Gasteiger partial charge on any atom is -0.496 e. The first-order chi connectivity index (χ1) is 15.1. The van der Waals surface area contributed by atoms with E-state index in [0.29, 0.717) is 6.54 Å². The van der Waals surface area contributed by atoms with Gasteiger partial charge in [-0.25, -0.2) is 4.98 Å². The number of methoxy groups -OCH3 is 1. The number of aryl methyl sites for hydroxylation is 1. The van der Waals surface area contributed by atoms with Gasteiger partial charge < -0.3 is 25.2 Å². The quantitative estimate of drug-likeness (QED) is 0.298. The lowest BCUT2D eigenvalue weighted by Gasteiger charge is -2.34. The normalized spacial score (nSPS) is 14.6. The van der Waals surface area contributed by atoms with E-state index >= 15 is 0 Å². The molecule has 0 saturated carbocycles. The van der Waals surface area contributed by atoms with Crippen LogP contribution in [0.3, 0.4) is 0 Å². The van der Waals surface area contributed by atoms with Gasteiger partial charge in [0, 0.05) is 52.5 Å². The summed E-state index contributed by atoms with van der Waals surface area (Å²) >= 11 is 0. The lowest BCUT2D eigenvalue weighted by Crippen LogP contribution is -2.46. The van der Waals surface area contributed by atoms with E-state index < -0.39 is 0 Å². The number of nitrogens with one attached hydrogen (secondary N) is 2. The van der Waals surface area contributed by atoms with Crippen LogP contribution in [0.4, 0.5) is 5.82 Å². The standard InChI is InChI=1S/C24H36N6O.HI/c1-5-29-12-14-30(15-13-29)23-9-8-21(17-27-23)18-28-24(25-3)26-11-10-20-7-6-19(2)22(16-20)31-4;/h6-9,16-17H,5,10-15,18H2,1-4H3,(H2,25,26,28);1H. The molecule has 0 atom stereocenters. The van der Waals surface area contributed by atoms with Crippen molar-refractivity contribution in [2.75, 3.05) is 58.3 Å². The minimum atomic E-state index is 0. The van der Waals surface area contributed by atoms with Crippen LogP contribution < -0.4 is 20.3 Å². The Hall–Kier alpha value is -2.07. The highest BCUT2D eigenvalue weighted by Crippen LogP contribution is 2.19. The van der Waals surface area contributed by atoms with Gasteiger partial charge in [-0.15, -0.1) is 24.0 Å². The second-order valence-corrected chi connectivity index (χ2v) is 7.85. The van der Waals surface area contributed by atoms with Crippen LogP contribution in [0.1, 0.15) is 23.6 Å². The lowest BCUT2D eigenvalue weighted by molar-refractivity contribution is 0.270. The van der Waals surface area contributed by atoms with Crippen LogP contribution in [0, 0.1) is 6.92 Å². The molecule has 0 bridgehead atoms. The monoisotopic (exact) mass is 552 g/mol. The van der Waals surface area contributed by atoms with Gasteiger partial charge >= 0.3 is 0 Å². The Morgan fingerprint density at radius 2 is 1.84 bits per heavy atom. The van der Waals surface area contributed by atoms with Crippen molar-refractivity contribution in [3.05, 3.63) is 53.2 Å². The Balaban J connectivity index is 0.00000363. The molecule has 176 valence electrons. The molecule has 0 radical (unpaired) electrons. The molecule has 1 aromatic carbocycles. The van der Waals surface area contributed by atoms with Crippen LogP contribution >= 0.6 is 24.0 Å². The van der Waals surface area contributed by atoms with Crippen molar-refractivity contribution in [1.29, 1.82) is 0 Å². The Morgan fingerprint density at radius 3 is 2.47 bits per heavy atom. The number of rotatable bonds is 8. The largest absolute Gasteiger partial charge is 0.496 e. The number of hydrogen-bond acceptors (Lipinski definition) is 5. The van der Waals surface area contributed by atoms with Crippen molar-refractivity contribution in [3.63, 3.8) is 0 Å². The molecule has 0 amide bonds. The summed E-state index contributed by atoms with van der Waals surface area (Å²) in [5, 5.41) is 6.75. The first kappa shape index (κ1) is 26.2. The summed E-state index contributed by atoms with van der Waals surface area (Å²) < 4.78 is 5.41. The number of pyridine rings is 1. The average Bonchev–Trinajstić information content (AvgIpc) is 2.82. The first-order valence-corrected chi connectivity index (χ1v) is 11.1. The molecule has 0 spiro atoms. The van der Waals surface area contributed by atoms with Gasteiger partial charge in [0.05, 0.1) is 7.11 Å². The van der Waals surface area contributed by atoms with Crippen molar-refractivity contribution in [2.24, 2.45) is 4.99 Å². The van der Waals surface area contributed by atoms with Gasteiger partial charge in [0.25, 0.3) is 0 Å². The minimum absolute atomic E-state index is 0. The maximum Gasteiger partial charge on any atom is 0.191 e. The summed E-state index contributed by atoms with van der Waals surface area (Å²) in [6, 6.07) is 10.6. The smallest absolute Gasteiger partial charge is 0.191 e. The van der Waals surface area contributed by atoms with Crippen LogP contribution in [0.15, 0.2) is 41.5 Å². The molecule has 8 heteroatoms. The third-order valence-corrected chi connectivity index (χ3v) is 5.81. The molecule has 0 aliphatic carbocycles. The molecule has 1 aliphatic rings. The fraction of sp³-hybridized carbons (Fsp3) is 0.500. The number of hydrogen-bond donors (Lipinski definition) is 2. The Morgan fingerprint density at radius 1 is 1.09 bits per heavy atom. The molecule has 1 aromatic heterocycles. The number of likely N-dealkylation sites (N-methyl/N-ethyl adjacent to an activating group) is 1. The second-order valence-electron chi connectivity index (χ2n) is 7.85. The van der Waals surface area contributed by atoms with Crippen LogP contribution in [0.25, 0.3) is 0 Å². The molecular formula is C24H37IN6O. The van der Waals surface area contributed by atoms with Crippen molar-refractivity contribution in [2.45, 2.75) is 26.8 Å². The zero-order valence-corrected chi connectivity index (χ0v) is 22.1. The summed E-state index contributed by atoms with van der Waals surface area (Å²) in [4.78, 5) is 13.8. The molecule has 2 aromatic rings. The molecule has 7 nitrogen and oxygen atoms in total. The van der Waals surface area contributed by atoms with Crippen molar-refractivity contribution >= 4 is 35.8 Å². The van der Waals surface area contributed by atoms with E-state index in [2.05, 4.69) is 74.6 Å². The molecule has 0 unspecified atom stereocenters. The molecule has 32 heavy (non-hydrogen) atoms. The van der Waals surface area contributed by atoms with E-state index in [-0.39, 0.29) is 24.0 Å². The third-order valence-electron chi connectivity index (χ3n) is 5.81. The number of anilines is 1. The zero-order valence-electron chi connectivity index (χ0n) is 19.7. The van der Waals surface area contributed by atoms with Gasteiger partial charge in [-0.2, -0.15) is 0 Å². The fourth-order valence-electron chi connectivity index (χ4n) is 3.75. The predicted octanol–water partition coefficient (Wildman–Crippen LogP) is 3.07. The van der Waals surface area contributed by atoms with E-state index in [0.717, 1.165) is 74.3 Å². The van der Waals surface area contributed by atoms with Gasteiger partial charge in [-0.1, -0.05) is 25.1 Å². The highest BCUT2D eigenvalue weighted by atomic mass is 127. The Labute approximate surface area is 209 Å². The van der Waals surface area contributed by atoms with Crippen LogP contribution in [-0.4, -0.2) is 69.3 Å². The zero-order chi connectivity index (χ0) is 22.1. The number of aromatic nitrogens is 1. The molecular weight excluding hydrogens is 515 g/mol. The Kier molecular flexibility index (Phi) is 11.0. The summed E-state index contributed by atoms with van der Waals surface area (Å²) in [6.07, 6.45) is 2.86. The second kappa shape index (κ2) is 13.5. The summed E-state index contributed by atoms with van der Waals surface area (Å²) in [7, 11) is 3.51. The van der Waals surface area contributed by atoms with Crippen molar-refractivity contribution < 1.29 is 4.74 Å². The topological polar surface area (TPSA) is 65.0 Å².